The van der Waals surface area contributed by atoms with Crippen molar-refractivity contribution in [1.82, 2.24) is 10.2 Å². The summed E-state index contributed by atoms with van der Waals surface area (Å²) in [5, 5.41) is 3.02. The van der Waals surface area contributed by atoms with E-state index in [9.17, 15) is 18.0 Å². The van der Waals surface area contributed by atoms with E-state index in [0.717, 1.165) is 16.9 Å². The Labute approximate surface area is 161 Å². The second-order valence-electron chi connectivity index (χ2n) is 6.66. The minimum absolute atomic E-state index is 0.0929. The van der Waals surface area contributed by atoms with Crippen LogP contribution in [0, 0.1) is 0 Å². The second kappa shape index (κ2) is 8.52. The third kappa shape index (κ3) is 5.63. The van der Waals surface area contributed by atoms with Crippen molar-refractivity contribution >= 4 is 5.91 Å². The number of carbonyl (C=O) groups excluding carboxylic acids is 1. The summed E-state index contributed by atoms with van der Waals surface area (Å²) in [5.74, 6) is 0.393. The first kappa shape index (κ1) is 20.0. The van der Waals surface area contributed by atoms with Gasteiger partial charge >= 0.3 is 6.36 Å². The van der Waals surface area contributed by atoms with E-state index in [0.29, 0.717) is 19.6 Å². The lowest BCUT2D eigenvalue weighted by atomic mass is 10.0. The molecule has 3 rings (SSSR count). The zero-order valence-corrected chi connectivity index (χ0v) is 15.3. The van der Waals surface area contributed by atoms with Gasteiger partial charge in [0.15, 0.2) is 0 Å². The Morgan fingerprint density at radius 3 is 2.64 bits per heavy atom. The Morgan fingerprint density at radius 2 is 1.93 bits per heavy atom. The molecule has 1 heterocycles. The molecule has 1 unspecified atom stereocenters. The summed E-state index contributed by atoms with van der Waals surface area (Å²) in [6, 6.07) is 13.1. The van der Waals surface area contributed by atoms with Crippen LogP contribution in [-0.2, 0) is 11.3 Å². The number of nitrogens with zero attached hydrogens (tertiary/aromatic N) is 1. The number of nitrogens with one attached hydrogen (secondary N) is 1. The van der Waals surface area contributed by atoms with Gasteiger partial charge in [0.1, 0.15) is 11.5 Å². The van der Waals surface area contributed by atoms with Crippen molar-refractivity contribution in [3.63, 3.8) is 0 Å². The number of ether oxygens (including phenoxy) is 2. The van der Waals surface area contributed by atoms with Crippen LogP contribution in [0.1, 0.15) is 23.6 Å². The molecule has 1 atom stereocenters. The molecule has 28 heavy (non-hydrogen) atoms. The molecule has 5 nitrogen and oxygen atoms in total. The van der Waals surface area contributed by atoms with E-state index in [-0.39, 0.29) is 24.2 Å². The second-order valence-corrected chi connectivity index (χ2v) is 6.66. The summed E-state index contributed by atoms with van der Waals surface area (Å²) in [6.07, 6.45) is -4.01. The Balaban J connectivity index is 1.51. The van der Waals surface area contributed by atoms with Gasteiger partial charge in [-0.25, -0.2) is 0 Å². The first-order valence-corrected chi connectivity index (χ1v) is 8.84. The molecule has 0 radical (unpaired) electrons. The van der Waals surface area contributed by atoms with Gasteiger partial charge in [0, 0.05) is 18.5 Å². The summed E-state index contributed by atoms with van der Waals surface area (Å²) in [6.45, 7) is 1.13. The highest BCUT2D eigenvalue weighted by Crippen LogP contribution is 2.31. The minimum Gasteiger partial charge on any atom is -0.493 e. The lowest BCUT2D eigenvalue weighted by Gasteiger charge is -2.27. The van der Waals surface area contributed by atoms with Crippen LogP contribution in [0.15, 0.2) is 48.5 Å². The molecule has 1 aliphatic rings. The highest BCUT2D eigenvalue weighted by Gasteiger charge is 2.31. The number of likely N-dealkylation sites (N-methyl/N-ethyl adjacent to an activating group) is 1. The number of hydrogen-bond acceptors (Lipinski definition) is 4. The normalized spacial score (nSPS) is 16.2. The third-order valence-electron chi connectivity index (χ3n) is 4.32. The number of alkyl halides is 3. The molecular weight excluding hydrogens is 373 g/mol. The van der Waals surface area contributed by atoms with Gasteiger partial charge in [-0.1, -0.05) is 30.3 Å². The van der Waals surface area contributed by atoms with Crippen molar-refractivity contribution in [2.45, 2.75) is 25.4 Å². The fraction of sp³-hybridized carbons (Fsp3) is 0.350. The highest BCUT2D eigenvalue weighted by atomic mass is 19.4. The van der Waals surface area contributed by atoms with E-state index in [1.54, 1.807) is 24.1 Å². The summed E-state index contributed by atoms with van der Waals surface area (Å²) < 4.78 is 46.0. The number of rotatable bonds is 6. The van der Waals surface area contributed by atoms with E-state index in [4.69, 9.17) is 4.74 Å². The van der Waals surface area contributed by atoms with Crippen LogP contribution in [0.3, 0.4) is 0 Å². The summed E-state index contributed by atoms with van der Waals surface area (Å²) in [7, 11) is 1.78. The Hall–Kier alpha value is -2.74. The molecule has 1 N–H and O–H groups in total. The maximum absolute atomic E-state index is 12.4. The molecule has 0 aromatic heterocycles. The van der Waals surface area contributed by atoms with E-state index >= 15 is 0 Å². The van der Waals surface area contributed by atoms with Gasteiger partial charge in [-0.2, -0.15) is 0 Å². The van der Waals surface area contributed by atoms with Gasteiger partial charge in [0.2, 0.25) is 5.91 Å². The lowest BCUT2D eigenvalue weighted by molar-refractivity contribution is -0.274. The fourth-order valence-electron chi connectivity index (χ4n) is 3.14. The Bertz CT molecular complexity index is 809. The summed E-state index contributed by atoms with van der Waals surface area (Å²) in [5.41, 5.74) is 1.74. The number of fused-ring (bicyclic) bond motifs is 1. The molecule has 0 bridgehead atoms. The van der Waals surface area contributed by atoms with Gasteiger partial charge in [-0.05, 0) is 30.8 Å². The maximum Gasteiger partial charge on any atom is 0.573 e. The van der Waals surface area contributed by atoms with Crippen LogP contribution in [0.4, 0.5) is 13.2 Å². The smallest absolute Gasteiger partial charge is 0.493 e. The van der Waals surface area contributed by atoms with Crippen molar-refractivity contribution in [2.75, 3.05) is 20.2 Å². The van der Waals surface area contributed by atoms with Crippen LogP contribution in [-0.4, -0.2) is 37.4 Å². The molecule has 8 heteroatoms. The quantitative estimate of drug-likeness (QED) is 0.813. The summed E-state index contributed by atoms with van der Waals surface area (Å²) in [4.78, 5) is 14.2. The lowest BCUT2D eigenvalue weighted by Crippen LogP contribution is -2.38. The predicted octanol–water partition coefficient (Wildman–Crippen LogP) is 3.66. The zero-order valence-electron chi connectivity index (χ0n) is 15.3. The van der Waals surface area contributed by atoms with Crippen LogP contribution >= 0.6 is 0 Å². The first-order valence-electron chi connectivity index (χ1n) is 8.84. The van der Waals surface area contributed by atoms with Crippen molar-refractivity contribution in [3.8, 4) is 11.5 Å². The average Bonchev–Trinajstić information content (AvgIpc) is 2.62. The fourth-order valence-corrected chi connectivity index (χ4v) is 3.14. The molecule has 1 amide bonds. The van der Waals surface area contributed by atoms with Crippen LogP contribution < -0.4 is 14.8 Å². The molecule has 0 aliphatic carbocycles. The molecular formula is C20H21F3N2O3. The van der Waals surface area contributed by atoms with E-state index < -0.39 is 6.36 Å². The standard InChI is InChI=1S/C20H21F3N2O3/c1-25(12-14-6-8-15(9-7-14)28-20(21,22)23)13-19(26)24-17-10-11-27-18-5-3-2-4-16(17)18/h2-9,17H,10-13H2,1H3,(H,24,26). The van der Waals surface area contributed by atoms with Crippen molar-refractivity contribution in [1.29, 1.82) is 0 Å². The monoisotopic (exact) mass is 394 g/mol. The number of benzene rings is 2. The first-order chi connectivity index (χ1) is 13.3. The zero-order chi connectivity index (χ0) is 20.1. The van der Waals surface area contributed by atoms with Crippen molar-refractivity contribution in [2.24, 2.45) is 0 Å². The highest BCUT2D eigenvalue weighted by molar-refractivity contribution is 5.78. The van der Waals surface area contributed by atoms with Crippen molar-refractivity contribution in [3.05, 3.63) is 59.7 Å². The Morgan fingerprint density at radius 1 is 1.21 bits per heavy atom. The molecule has 0 saturated carbocycles. The van der Waals surface area contributed by atoms with Gasteiger partial charge in [-0.15, -0.1) is 13.2 Å². The molecule has 2 aromatic carbocycles. The maximum atomic E-state index is 12.4. The number of halogens is 3. The van der Waals surface area contributed by atoms with Crippen LogP contribution in [0.25, 0.3) is 0 Å². The number of para-hydroxylation sites is 1. The molecule has 1 aliphatic heterocycles. The molecule has 2 aromatic rings. The molecule has 0 fully saturated rings. The molecule has 0 saturated heterocycles. The average molecular weight is 394 g/mol. The van der Waals surface area contributed by atoms with Gasteiger partial charge in [0.05, 0.1) is 19.2 Å². The Kier molecular flexibility index (Phi) is 6.08. The largest absolute Gasteiger partial charge is 0.573 e. The van der Waals surface area contributed by atoms with Crippen molar-refractivity contribution < 1.29 is 27.4 Å². The topological polar surface area (TPSA) is 50.8 Å². The summed E-state index contributed by atoms with van der Waals surface area (Å²) >= 11 is 0. The molecule has 150 valence electrons. The van der Waals surface area contributed by atoms with Gasteiger partial charge in [0.25, 0.3) is 0 Å². The minimum atomic E-state index is -4.71. The SMILES string of the molecule is CN(CC(=O)NC1CCOc2ccccc21)Cc1ccc(OC(F)(F)F)cc1. The van der Waals surface area contributed by atoms with Crippen LogP contribution in [0.5, 0.6) is 11.5 Å². The van der Waals surface area contributed by atoms with Gasteiger partial charge < -0.3 is 14.8 Å². The van der Waals surface area contributed by atoms with Crippen LogP contribution in [0.2, 0.25) is 0 Å². The third-order valence-corrected chi connectivity index (χ3v) is 4.32. The van der Waals surface area contributed by atoms with E-state index in [1.807, 2.05) is 24.3 Å². The van der Waals surface area contributed by atoms with Gasteiger partial charge in [-0.3, -0.25) is 9.69 Å². The number of amides is 1. The molecule has 0 spiro atoms. The van der Waals surface area contributed by atoms with E-state index in [1.165, 1.54) is 12.1 Å². The van der Waals surface area contributed by atoms with E-state index in [2.05, 4.69) is 10.1 Å². The number of hydrogen-bond donors (Lipinski definition) is 1. The predicted molar refractivity (Wildman–Crippen MR) is 96.9 cm³/mol. The number of carbonyl (C=O) groups is 1.